The van der Waals surface area contributed by atoms with E-state index in [1.165, 1.54) is 6.42 Å². The van der Waals surface area contributed by atoms with E-state index in [0.29, 0.717) is 11.1 Å². The topological polar surface area (TPSA) is 29.1 Å². The van der Waals surface area contributed by atoms with E-state index in [-0.39, 0.29) is 10.7 Å². The van der Waals surface area contributed by atoms with Crippen LogP contribution < -0.4 is 5.32 Å². The standard InChI is InChI=1S/C16H24ClNOS/c1-4-18-15-14(9-6-10-16(15,2)3)20(19)13-8-5-7-12(17)11-13/h5,7-8,11,14-15,18H,4,6,9-10H2,1-3H3. The van der Waals surface area contributed by atoms with Crippen LogP contribution in [0.15, 0.2) is 29.2 Å². The zero-order valence-electron chi connectivity index (χ0n) is 12.5. The van der Waals surface area contributed by atoms with Crippen molar-refractivity contribution in [2.24, 2.45) is 5.41 Å². The van der Waals surface area contributed by atoms with Gasteiger partial charge in [0.2, 0.25) is 0 Å². The van der Waals surface area contributed by atoms with Crippen molar-refractivity contribution in [3.05, 3.63) is 29.3 Å². The summed E-state index contributed by atoms with van der Waals surface area (Å²) in [5, 5.41) is 4.39. The molecule has 0 heterocycles. The van der Waals surface area contributed by atoms with Gasteiger partial charge in [-0.1, -0.05) is 44.9 Å². The van der Waals surface area contributed by atoms with Crippen LogP contribution in [-0.2, 0) is 10.8 Å². The molecule has 1 aliphatic rings. The second-order valence-electron chi connectivity index (χ2n) is 6.21. The van der Waals surface area contributed by atoms with Gasteiger partial charge >= 0.3 is 0 Å². The monoisotopic (exact) mass is 313 g/mol. The molecule has 112 valence electrons. The Bertz CT molecular complexity index is 489. The minimum atomic E-state index is -1.01. The van der Waals surface area contributed by atoms with E-state index in [2.05, 4.69) is 26.1 Å². The molecule has 3 unspecified atom stereocenters. The maximum Gasteiger partial charge on any atom is 0.0577 e. The van der Waals surface area contributed by atoms with Gasteiger partial charge in [0, 0.05) is 16.0 Å². The summed E-state index contributed by atoms with van der Waals surface area (Å²) in [6.45, 7) is 7.59. The molecule has 20 heavy (non-hydrogen) atoms. The predicted octanol–water partition coefficient (Wildman–Crippen LogP) is 4.00. The molecule has 2 rings (SSSR count). The molecule has 1 fully saturated rings. The number of hydrogen-bond acceptors (Lipinski definition) is 2. The van der Waals surface area contributed by atoms with Crippen LogP contribution in [0.4, 0.5) is 0 Å². The maximum absolute atomic E-state index is 12.9. The van der Waals surface area contributed by atoms with E-state index in [1.54, 1.807) is 0 Å². The normalized spacial score (nSPS) is 27.2. The van der Waals surface area contributed by atoms with Crippen molar-refractivity contribution in [3.63, 3.8) is 0 Å². The molecule has 0 aliphatic heterocycles. The average Bonchev–Trinajstić information content (AvgIpc) is 2.40. The van der Waals surface area contributed by atoms with Crippen LogP contribution in [0.2, 0.25) is 5.02 Å². The number of halogens is 1. The van der Waals surface area contributed by atoms with Gasteiger partial charge in [-0.2, -0.15) is 0 Å². The van der Waals surface area contributed by atoms with Gasteiger partial charge in [0.15, 0.2) is 0 Å². The Morgan fingerprint density at radius 2 is 2.20 bits per heavy atom. The first-order valence-corrected chi connectivity index (χ1v) is 8.94. The van der Waals surface area contributed by atoms with Gasteiger partial charge in [0.1, 0.15) is 0 Å². The molecule has 1 aliphatic carbocycles. The molecule has 1 N–H and O–H groups in total. The number of hydrogen-bond donors (Lipinski definition) is 1. The van der Waals surface area contributed by atoms with Crippen molar-refractivity contribution in [1.29, 1.82) is 0 Å². The smallest absolute Gasteiger partial charge is 0.0577 e. The lowest BCUT2D eigenvalue weighted by atomic mass is 9.73. The lowest BCUT2D eigenvalue weighted by Gasteiger charge is -2.44. The van der Waals surface area contributed by atoms with Gasteiger partial charge in [-0.3, -0.25) is 4.21 Å². The highest BCUT2D eigenvalue weighted by molar-refractivity contribution is 7.85. The van der Waals surface area contributed by atoms with E-state index < -0.39 is 10.8 Å². The second-order valence-corrected chi connectivity index (χ2v) is 8.32. The van der Waals surface area contributed by atoms with Crippen LogP contribution in [0.25, 0.3) is 0 Å². The molecule has 0 amide bonds. The zero-order valence-corrected chi connectivity index (χ0v) is 14.1. The predicted molar refractivity (Wildman–Crippen MR) is 86.7 cm³/mol. The van der Waals surface area contributed by atoms with Gasteiger partial charge in [0.25, 0.3) is 0 Å². The number of benzene rings is 1. The fourth-order valence-electron chi connectivity index (χ4n) is 3.21. The summed E-state index contributed by atoms with van der Waals surface area (Å²) in [5.41, 5.74) is 0.188. The first-order chi connectivity index (χ1) is 9.45. The van der Waals surface area contributed by atoms with Crippen LogP contribution in [0.1, 0.15) is 40.0 Å². The van der Waals surface area contributed by atoms with Gasteiger partial charge in [0.05, 0.1) is 16.0 Å². The van der Waals surface area contributed by atoms with Crippen molar-refractivity contribution < 1.29 is 4.21 Å². The number of rotatable bonds is 4. The molecular weight excluding hydrogens is 290 g/mol. The molecule has 2 nitrogen and oxygen atoms in total. The fourth-order valence-corrected chi connectivity index (χ4v) is 5.36. The lowest BCUT2D eigenvalue weighted by molar-refractivity contribution is 0.174. The van der Waals surface area contributed by atoms with Crippen LogP contribution in [0.3, 0.4) is 0 Å². The summed E-state index contributed by atoms with van der Waals surface area (Å²) in [5.74, 6) is 0. The Labute approximate surface area is 129 Å². The van der Waals surface area contributed by atoms with Crippen LogP contribution in [0, 0.1) is 5.41 Å². The first kappa shape index (κ1) is 16.0. The Morgan fingerprint density at radius 1 is 1.45 bits per heavy atom. The molecule has 3 atom stereocenters. The third-order valence-electron chi connectivity index (χ3n) is 4.25. The Hall–Kier alpha value is -0.380. The molecule has 4 heteroatoms. The van der Waals surface area contributed by atoms with Gasteiger partial charge in [-0.05, 0) is 43.0 Å². The van der Waals surface area contributed by atoms with Crippen LogP contribution in [-0.4, -0.2) is 22.0 Å². The highest BCUT2D eigenvalue weighted by Crippen LogP contribution is 2.39. The third kappa shape index (κ3) is 3.44. The molecule has 0 aromatic heterocycles. The third-order valence-corrected chi connectivity index (χ3v) is 6.26. The van der Waals surface area contributed by atoms with E-state index >= 15 is 0 Å². The van der Waals surface area contributed by atoms with Crippen molar-refractivity contribution in [2.75, 3.05) is 6.54 Å². The van der Waals surface area contributed by atoms with Gasteiger partial charge in [-0.25, -0.2) is 0 Å². The minimum Gasteiger partial charge on any atom is -0.313 e. The molecule has 1 saturated carbocycles. The molecule has 0 bridgehead atoms. The van der Waals surface area contributed by atoms with Gasteiger partial charge in [-0.15, -0.1) is 0 Å². The summed E-state index contributed by atoms with van der Waals surface area (Å²) in [6.07, 6.45) is 3.35. The summed E-state index contributed by atoms with van der Waals surface area (Å²) < 4.78 is 12.9. The molecule has 1 aromatic carbocycles. The highest BCUT2D eigenvalue weighted by Gasteiger charge is 2.41. The average molecular weight is 314 g/mol. The van der Waals surface area contributed by atoms with Gasteiger partial charge < -0.3 is 5.32 Å². The van der Waals surface area contributed by atoms with E-state index in [9.17, 15) is 4.21 Å². The first-order valence-electron chi connectivity index (χ1n) is 7.35. The fraction of sp³-hybridized carbons (Fsp3) is 0.625. The largest absolute Gasteiger partial charge is 0.313 e. The highest BCUT2D eigenvalue weighted by atomic mass is 35.5. The van der Waals surface area contributed by atoms with Crippen molar-refractivity contribution in [2.45, 2.75) is 56.2 Å². The molecule has 0 saturated heterocycles. The zero-order chi connectivity index (χ0) is 14.8. The number of nitrogens with one attached hydrogen (secondary N) is 1. The molecular formula is C16H24ClNOS. The molecule has 1 aromatic rings. The Kier molecular flexibility index (Phi) is 5.27. The van der Waals surface area contributed by atoms with Crippen LogP contribution in [0.5, 0.6) is 0 Å². The Morgan fingerprint density at radius 3 is 2.85 bits per heavy atom. The SMILES string of the molecule is CCNC1C(S(=O)c2cccc(Cl)c2)CCCC1(C)C. The molecule has 0 radical (unpaired) electrons. The summed E-state index contributed by atoms with van der Waals surface area (Å²) in [4.78, 5) is 0.850. The van der Waals surface area contributed by atoms with Crippen molar-refractivity contribution in [3.8, 4) is 0 Å². The van der Waals surface area contributed by atoms with Crippen molar-refractivity contribution in [1.82, 2.24) is 5.32 Å². The van der Waals surface area contributed by atoms with E-state index in [0.717, 1.165) is 24.3 Å². The summed E-state index contributed by atoms with van der Waals surface area (Å²) >= 11 is 6.03. The maximum atomic E-state index is 12.9. The Balaban J connectivity index is 2.26. The van der Waals surface area contributed by atoms with E-state index in [4.69, 9.17) is 11.6 Å². The summed E-state index contributed by atoms with van der Waals surface area (Å²) in [7, 11) is -1.01. The van der Waals surface area contributed by atoms with Crippen molar-refractivity contribution >= 4 is 22.4 Å². The van der Waals surface area contributed by atoms with Crippen LogP contribution >= 0.6 is 11.6 Å². The minimum absolute atomic E-state index is 0.164. The molecule has 0 spiro atoms. The van der Waals surface area contributed by atoms with E-state index in [1.807, 2.05) is 24.3 Å². The quantitative estimate of drug-likeness (QED) is 0.910. The second kappa shape index (κ2) is 6.59. The lowest BCUT2D eigenvalue weighted by Crippen LogP contribution is -2.53. The summed E-state index contributed by atoms with van der Waals surface area (Å²) in [6, 6.07) is 7.76.